The van der Waals surface area contributed by atoms with Gasteiger partial charge in [0.1, 0.15) is 0 Å². The molecule has 0 aromatic carbocycles. The molecule has 0 spiro atoms. The van der Waals surface area contributed by atoms with Crippen LogP contribution in [0.15, 0.2) is 4.99 Å². The van der Waals surface area contributed by atoms with Crippen molar-refractivity contribution in [2.24, 2.45) is 16.8 Å². The summed E-state index contributed by atoms with van der Waals surface area (Å²) in [5.74, 6) is 3.03. The van der Waals surface area contributed by atoms with Gasteiger partial charge in [0.2, 0.25) is 0 Å². The van der Waals surface area contributed by atoms with Crippen LogP contribution in [0.5, 0.6) is 0 Å². The fourth-order valence-electron chi connectivity index (χ4n) is 3.43. The highest BCUT2D eigenvalue weighted by Gasteiger charge is 2.33. The largest absolute Gasteiger partial charge is 0.357 e. The van der Waals surface area contributed by atoms with E-state index in [1.807, 2.05) is 0 Å². The second-order valence-electron chi connectivity index (χ2n) is 7.57. The summed E-state index contributed by atoms with van der Waals surface area (Å²) >= 11 is 0. The average molecular weight is 306 g/mol. The predicted molar refractivity (Wildman–Crippen MR) is 93.3 cm³/mol. The number of nitrogens with zero attached hydrogens (tertiary/aromatic N) is 3. The first-order valence-electron chi connectivity index (χ1n) is 9.53. The van der Waals surface area contributed by atoms with Crippen molar-refractivity contribution >= 4 is 5.96 Å². The Balaban J connectivity index is 1.48. The molecule has 3 rings (SSSR count). The molecule has 0 aromatic rings. The van der Waals surface area contributed by atoms with Crippen LogP contribution in [0.3, 0.4) is 0 Å². The number of hydrogen-bond acceptors (Lipinski definition) is 2. The summed E-state index contributed by atoms with van der Waals surface area (Å²) in [7, 11) is 0. The van der Waals surface area contributed by atoms with E-state index in [9.17, 15) is 0 Å². The van der Waals surface area contributed by atoms with Gasteiger partial charge < -0.3 is 10.2 Å². The third-order valence-electron chi connectivity index (χ3n) is 5.32. The molecule has 22 heavy (non-hydrogen) atoms. The van der Waals surface area contributed by atoms with Crippen molar-refractivity contribution in [1.29, 1.82) is 0 Å². The Hall–Kier alpha value is -0.770. The molecule has 1 aliphatic heterocycles. The van der Waals surface area contributed by atoms with Gasteiger partial charge in [-0.25, -0.2) is 0 Å². The van der Waals surface area contributed by atoms with Gasteiger partial charge in [-0.1, -0.05) is 6.92 Å². The summed E-state index contributed by atoms with van der Waals surface area (Å²) in [5.41, 5.74) is 0. The van der Waals surface area contributed by atoms with E-state index in [-0.39, 0.29) is 0 Å². The molecule has 3 aliphatic rings. The van der Waals surface area contributed by atoms with Gasteiger partial charge in [-0.15, -0.1) is 0 Å². The van der Waals surface area contributed by atoms with Crippen LogP contribution in [0.2, 0.25) is 0 Å². The lowest BCUT2D eigenvalue weighted by molar-refractivity contribution is 0.256. The van der Waals surface area contributed by atoms with Crippen molar-refractivity contribution in [2.75, 3.05) is 39.3 Å². The molecule has 3 fully saturated rings. The maximum absolute atomic E-state index is 4.93. The van der Waals surface area contributed by atoms with Crippen LogP contribution in [0.1, 0.15) is 52.4 Å². The molecule has 1 saturated heterocycles. The van der Waals surface area contributed by atoms with Gasteiger partial charge in [0, 0.05) is 38.8 Å². The average Bonchev–Trinajstić information content (AvgIpc) is 3.38. The normalized spacial score (nSPS) is 24.1. The van der Waals surface area contributed by atoms with E-state index < -0.39 is 0 Å². The van der Waals surface area contributed by atoms with Gasteiger partial charge in [0.25, 0.3) is 0 Å². The molecule has 4 nitrogen and oxygen atoms in total. The zero-order valence-electron chi connectivity index (χ0n) is 14.6. The first kappa shape index (κ1) is 16.1. The molecule has 1 heterocycles. The zero-order chi connectivity index (χ0) is 15.4. The smallest absolute Gasteiger partial charge is 0.193 e. The topological polar surface area (TPSA) is 30.9 Å². The van der Waals surface area contributed by atoms with Crippen LogP contribution >= 0.6 is 0 Å². The first-order chi connectivity index (χ1) is 10.8. The molecule has 2 saturated carbocycles. The Morgan fingerprint density at radius 3 is 2.45 bits per heavy atom. The molecule has 126 valence electrons. The number of guanidine groups is 1. The van der Waals surface area contributed by atoms with Gasteiger partial charge in [-0.2, -0.15) is 0 Å². The van der Waals surface area contributed by atoms with E-state index in [0.717, 1.165) is 43.5 Å². The van der Waals surface area contributed by atoms with E-state index in [1.54, 1.807) is 0 Å². The second kappa shape index (κ2) is 7.67. The van der Waals surface area contributed by atoms with E-state index in [0.29, 0.717) is 0 Å². The van der Waals surface area contributed by atoms with Gasteiger partial charge in [0.05, 0.1) is 6.54 Å². The van der Waals surface area contributed by atoms with Crippen LogP contribution in [-0.2, 0) is 0 Å². The standard InChI is InChI=1S/C18H34N4/c1-3-19-18(21-11-8-15(2)9-12-21)20-10-13-22(17-6-7-17)14-16-4-5-16/h15-17H,3-14H2,1-2H3,(H,19,20). The van der Waals surface area contributed by atoms with E-state index in [4.69, 9.17) is 4.99 Å². The third kappa shape index (κ3) is 4.87. The van der Waals surface area contributed by atoms with Crippen LogP contribution in [0, 0.1) is 11.8 Å². The molecular formula is C18H34N4. The Bertz CT molecular complexity index is 365. The predicted octanol–water partition coefficient (Wildman–Crippen LogP) is 2.56. The highest BCUT2D eigenvalue weighted by molar-refractivity contribution is 5.80. The molecule has 0 atom stereocenters. The molecule has 0 unspecified atom stereocenters. The first-order valence-corrected chi connectivity index (χ1v) is 9.53. The van der Waals surface area contributed by atoms with Crippen LogP contribution in [0.4, 0.5) is 0 Å². The maximum atomic E-state index is 4.93. The summed E-state index contributed by atoms with van der Waals surface area (Å²) in [5, 5.41) is 3.50. The molecule has 4 heteroatoms. The maximum Gasteiger partial charge on any atom is 0.193 e. The molecule has 1 N–H and O–H groups in total. The summed E-state index contributed by atoms with van der Waals surface area (Å²) in [6.07, 6.45) is 8.36. The van der Waals surface area contributed by atoms with Crippen molar-refractivity contribution in [3.05, 3.63) is 0 Å². The minimum absolute atomic E-state index is 0.878. The summed E-state index contributed by atoms with van der Waals surface area (Å²) in [6.45, 7) is 11.3. The quantitative estimate of drug-likeness (QED) is 0.579. The molecule has 0 radical (unpaired) electrons. The number of likely N-dealkylation sites (tertiary alicyclic amines) is 1. The molecular weight excluding hydrogens is 272 g/mol. The zero-order valence-corrected chi connectivity index (χ0v) is 14.6. The fraction of sp³-hybridized carbons (Fsp3) is 0.944. The second-order valence-corrected chi connectivity index (χ2v) is 7.57. The highest BCUT2D eigenvalue weighted by atomic mass is 15.3. The number of piperidine rings is 1. The lowest BCUT2D eigenvalue weighted by atomic mass is 10.00. The van der Waals surface area contributed by atoms with Crippen molar-refractivity contribution in [3.63, 3.8) is 0 Å². The Morgan fingerprint density at radius 2 is 1.86 bits per heavy atom. The highest BCUT2D eigenvalue weighted by Crippen LogP contribution is 2.34. The van der Waals surface area contributed by atoms with Gasteiger partial charge in [-0.05, 0) is 57.3 Å². The summed E-state index contributed by atoms with van der Waals surface area (Å²) < 4.78 is 0. The van der Waals surface area contributed by atoms with Crippen molar-refractivity contribution in [3.8, 4) is 0 Å². The number of rotatable bonds is 7. The SMILES string of the molecule is CCNC(=NCCN(CC1CC1)C1CC1)N1CCC(C)CC1. The van der Waals surface area contributed by atoms with E-state index in [1.165, 1.54) is 58.2 Å². The Kier molecular flexibility index (Phi) is 5.61. The molecule has 2 aliphatic carbocycles. The summed E-state index contributed by atoms with van der Waals surface area (Å²) in [6, 6.07) is 0.884. The summed E-state index contributed by atoms with van der Waals surface area (Å²) in [4.78, 5) is 10.1. The lowest BCUT2D eigenvalue weighted by Gasteiger charge is -2.33. The van der Waals surface area contributed by atoms with Crippen molar-refractivity contribution in [2.45, 2.75) is 58.4 Å². The van der Waals surface area contributed by atoms with Crippen LogP contribution in [0.25, 0.3) is 0 Å². The van der Waals surface area contributed by atoms with E-state index in [2.05, 4.69) is 29.0 Å². The third-order valence-corrected chi connectivity index (χ3v) is 5.32. The van der Waals surface area contributed by atoms with Crippen molar-refractivity contribution < 1.29 is 0 Å². The van der Waals surface area contributed by atoms with Gasteiger partial charge in [-0.3, -0.25) is 9.89 Å². The Labute approximate surface area is 136 Å². The molecule has 0 bridgehead atoms. The van der Waals surface area contributed by atoms with Gasteiger partial charge in [0.15, 0.2) is 5.96 Å². The fourth-order valence-corrected chi connectivity index (χ4v) is 3.43. The number of hydrogen-bond donors (Lipinski definition) is 1. The van der Waals surface area contributed by atoms with Crippen LogP contribution < -0.4 is 5.32 Å². The number of nitrogens with one attached hydrogen (secondary N) is 1. The Morgan fingerprint density at radius 1 is 1.14 bits per heavy atom. The van der Waals surface area contributed by atoms with Crippen molar-refractivity contribution in [1.82, 2.24) is 15.1 Å². The minimum Gasteiger partial charge on any atom is -0.357 e. The monoisotopic (exact) mass is 306 g/mol. The van der Waals surface area contributed by atoms with Crippen LogP contribution in [-0.4, -0.2) is 61.1 Å². The van der Waals surface area contributed by atoms with Gasteiger partial charge >= 0.3 is 0 Å². The number of aliphatic imine (C=N–C) groups is 1. The molecule has 0 amide bonds. The lowest BCUT2D eigenvalue weighted by Crippen LogP contribution is -2.45. The molecule has 0 aromatic heterocycles. The van der Waals surface area contributed by atoms with E-state index >= 15 is 0 Å². The minimum atomic E-state index is 0.878.